The summed E-state index contributed by atoms with van der Waals surface area (Å²) < 4.78 is 25.2. The number of amides is 2. The Morgan fingerprint density at radius 1 is 1.35 bits per heavy atom. The summed E-state index contributed by atoms with van der Waals surface area (Å²) in [5.41, 5.74) is 4.63. The molecule has 2 aliphatic heterocycles. The van der Waals surface area contributed by atoms with Crippen molar-refractivity contribution in [2.75, 3.05) is 5.75 Å². The maximum atomic E-state index is 12.6. The van der Waals surface area contributed by atoms with Crippen LogP contribution in [0.1, 0.15) is 5.69 Å². The average molecular weight is 375 g/mol. The molecule has 1 fully saturated rings. The minimum atomic E-state index is -3.91. The van der Waals surface area contributed by atoms with E-state index in [1.807, 2.05) is 0 Å². The number of β-lactam (4-membered cyclic amide) rings is 1. The lowest BCUT2D eigenvalue weighted by atomic mass is 10.0. The summed E-state index contributed by atoms with van der Waals surface area (Å²) in [6.45, 7) is 0. The highest BCUT2D eigenvalue weighted by Gasteiger charge is 2.56. The smallest absolute Gasteiger partial charge is 0.352 e. The standard InChI is InChI=1S/C16H13N3O6S/c17-12(20)5-4-9-8-26(24,25)15-11(7-10-3-1-2-6-18-10)14(21)19(15)13(9)16(22)23/h1-7,15H,8H2,(H2,17,20)(H,22,23). The van der Waals surface area contributed by atoms with Crippen molar-refractivity contribution < 1.29 is 27.9 Å². The van der Waals surface area contributed by atoms with Crippen LogP contribution in [0.4, 0.5) is 0 Å². The Bertz CT molecular complexity index is 1010. The van der Waals surface area contributed by atoms with Crippen LogP contribution in [-0.2, 0) is 24.2 Å². The number of rotatable bonds is 4. The zero-order chi connectivity index (χ0) is 19.1. The van der Waals surface area contributed by atoms with E-state index in [4.69, 9.17) is 5.73 Å². The van der Waals surface area contributed by atoms with E-state index in [1.165, 1.54) is 12.3 Å². The predicted molar refractivity (Wildman–Crippen MR) is 89.6 cm³/mol. The van der Waals surface area contributed by atoms with Gasteiger partial charge in [-0.3, -0.25) is 19.5 Å². The van der Waals surface area contributed by atoms with Crippen molar-refractivity contribution in [2.24, 2.45) is 5.73 Å². The molecule has 3 N–H and O–H groups in total. The third-order valence-electron chi connectivity index (χ3n) is 3.85. The van der Waals surface area contributed by atoms with Crippen molar-refractivity contribution in [1.29, 1.82) is 0 Å². The zero-order valence-electron chi connectivity index (χ0n) is 13.2. The molecule has 0 spiro atoms. The zero-order valence-corrected chi connectivity index (χ0v) is 14.0. The molecule has 1 aromatic heterocycles. The molecule has 3 rings (SSSR count). The highest BCUT2D eigenvalue weighted by molar-refractivity contribution is 7.92. The van der Waals surface area contributed by atoms with Gasteiger partial charge >= 0.3 is 5.97 Å². The van der Waals surface area contributed by atoms with Gasteiger partial charge in [0.05, 0.1) is 17.0 Å². The number of pyridine rings is 1. The van der Waals surface area contributed by atoms with Crippen LogP contribution in [0, 0.1) is 0 Å². The number of fused-ring (bicyclic) bond motifs is 1. The van der Waals surface area contributed by atoms with Gasteiger partial charge in [0, 0.05) is 12.3 Å². The Balaban J connectivity index is 2.10. The molecule has 0 aliphatic carbocycles. The molecule has 26 heavy (non-hydrogen) atoms. The minimum Gasteiger partial charge on any atom is -0.477 e. The summed E-state index contributed by atoms with van der Waals surface area (Å²) in [5, 5.41) is 8.04. The van der Waals surface area contributed by atoms with Gasteiger partial charge in [-0.05, 0) is 23.8 Å². The van der Waals surface area contributed by atoms with Crippen LogP contribution in [0.5, 0.6) is 0 Å². The molecule has 134 valence electrons. The fourth-order valence-electron chi connectivity index (χ4n) is 2.82. The van der Waals surface area contributed by atoms with Gasteiger partial charge in [-0.15, -0.1) is 0 Å². The molecule has 1 unspecified atom stereocenters. The highest BCUT2D eigenvalue weighted by Crippen LogP contribution is 2.40. The second-order valence-electron chi connectivity index (χ2n) is 5.60. The third kappa shape index (κ3) is 2.90. The largest absolute Gasteiger partial charge is 0.477 e. The number of allylic oxidation sites excluding steroid dienone is 1. The van der Waals surface area contributed by atoms with Gasteiger partial charge in [0.2, 0.25) is 5.91 Å². The number of carbonyl (C=O) groups excluding carboxylic acids is 2. The van der Waals surface area contributed by atoms with Gasteiger partial charge < -0.3 is 10.8 Å². The Labute approximate surface area is 148 Å². The molecule has 1 atom stereocenters. The van der Waals surface area contributed by atoms with Crippen molar-refractivity contribution in [2.45, 2.75) is 5.37 Å². The number of carboxylic acids is 1. The van der Waals surface area contributed by atoms with Crippen molar-refractivity contribution in [3.63, 3.8) is 0 Å². The number of nitrogens with two attached hydrogens (primary N) is 1. The third-order valence-corrected chi connectivity index (χ3v) is 5.71. The number of hydrogen-bond acceptors (Lipinski definition) is 6. The number of aromatic nitrogens is 1. The lowest BCUT2D eigenvalue weighted by molar-refractivity contribution is -0.141. The van der Waals surface area contributed by atoms with E-state index in [0.29, 0.717) is 10.6 Å². The van der Waals surface area contributed by atoms with E-state index in [2.05, 4.69) is 4.98 Å². The predicted octanol–water partition coefficient (Wildman–Crippen LogP) is -0.558. The first-order valence-electron chi connectivity index (χ1n) is 7.34. The Hall–Kier alpha value is -3.27. The van der Waals surface area contributed by atoms with Gasteiger partial charge in [-0.25, -0.2) is 13.2 Å². The monoisotopic (exact) mass is 375 g/mol. The maximum absolute atomic E-state index is 12.6. The molecule has 0 aromatic carbocycles. The number of primary amides is 1. The lowest BCUT2D eigenvalue weighted by Crippen LogP contribution is -2.62. The minimum absolute atomic E-state index is 0.0552. The molecule has 2 amide bonds. The Kier molecular flexibility index (Phi) is 4.20. The van der Waals surface area contributed by atoms with E-state index in [1.54, 1.807) is 18.2 Å². The lowest BCUT2D eigenvalue weighted by Gasteiger charge is -2.45. The summed E-state index contributed by atoms with van der Waals surface area (Å²) in [4.78, 5) is 39.6. The molecular formula is C16H13N3O6S. The summed E-state index contributed by atoms with van der Waals surface area (Å²) >= 11 is 0. The van der Waals surface area contributed by atoms with E-state index in [0.717, 1.165) is 12.2 Å². The van der Waals surface area contributed by atoms with Crippen LogP contribution in [-0.4, -0.2) is 52.3 Å². The molecule has 0 saturated carbocycles. The van der Waals surface area contributed by atoms with Gasteiger partial charge in [-0.2, -0.15) is 0 Å². The number of carbonyl (C=O) groups is 3. The van der Waals surface area contributed by atoms with Crippen LogP contribution in [0.3, 0.4) is 0 Å². The van der Waals surface area contributed by atoms with Crippen LogP contribution in [0.15, 0.2) is 53.4 Å². The van der Waals surface area contributed by atoms with Gasteiger partial charge in [0.25, 0.3) is 5.91 Å². The number of nitrogens with zero attached hydrogens (tertiary/aromatic N) is 2. The number of sulfone groups is 1. The molecule has 2 aliphatic rings. The first-order valence-corrected chi connectivity index (χ1v) is 9.05. The number of carboxylic acid groups (broad SMARTS) is 1. The normalized spacial score (nSPS) is 23.1. The van der Waals surface area contributed by atoms with Crippen molar-refractivity contribution in [3.05, 3.63) is 59.1 Å². The second-order valence-corrected chi connectivity index (χ2v) is 7.66. The average Bonchev–Trinajstić information content (AvgIpc) is 2.57. The van der Waals surface area contributed by atoms with Crippen LogP contribution in [0.25, 0.3) is 6.08 Å². The van der Waals surface area contributed by atoms with E-state index < -0.39 is 44.4 Å². The summed E-state index contributed by atoms with van der Waals surface area (Å²) in [7, 11) is -3.91. The molecule has 0 radical (unpaired) electrons. The first kappa shape index (κ1) is 17.5. The molecule has 10 heteroatoms. The topological polar surface area (TPSA) is 148 Å². The van der Waals surface area contributed by atoms with Gasteiger partial charge in [-0.1, -0.05) is 12.1 Å². The van der Waals surface area contributed by atoms with Crippen LogP contribution >= 0.6 is 0 Å². The van der Waals surface area contributed by atoms with E-state index in [-0.39, 0.29) is 11.1 Å². The van der Waals surface area contributed by atoms with Gasteiger partial charge in [0.15, 0.2) is 15.2 Å². The summed E-state index contributed by atoms with van der Waals surface area (Å²) in [5.74, 6) is -3.72. The molecule has 1 saturated heterocycles. The van der Waals surface area contributed by atoms with Crippen molar-refractivity contribution in [1.82, 2.24) is 9.88 Å². The summed E-state index contributed by atoms with van der Waals surface area (Å²) in [6.07, 6.45) is 4.67. The Morgan fingerprint density at radius 3 is 2.65 bits per heavy atom. The summed E-state index contributed by atoms with van der Waals surface area (Å²) in [6, 6.07) is 4.93. The second kappa shape index (κ2) is 6.23. The fourth-order valence-corrected chi connectivity index (χ4v) is 4.72. The first-order chi connectivity index (χ1) is 12.2. The molecule has 0 bridgehead atoms. The Morgan fingerprint density at radius 2 is 2.08 bits per heavy atom. The van der Waals surface area contributed by atoms with E-state index >= 15 is 0 Å². The number of aliphatic carboxylic acids is 1. The molecule has 9 nitrogen and oxygen atoms in total. The highest BCUT2D eigenvalue weighted by atomic mass is 32.2. The van der Waals surface area contributed by atoms with Crippen LogP contribution in [0.2, 0.25) is 0 Å². The fraction of sp³-hybridized carbons (Fsp3) is 0.125. The van der Waals surface area contributed by atoms with E-state index in [9.17, 15) is 27.9 Å². The SMILES string of the molecule is NC(=O)C=CC1=C(C(=O)O)N2C(=O)C(=Cc3ccccn3)C2S(=O)(=O)C1. The van der Waals surface area contributed by atoms with Crippen LogP contribution < -0.4 is 5.73 Å². The quantitative estimate of drug-likeness (QED) is 0.529. The van der Waals surface area contributed by atoms with Gasteiger partial charge in [0.1, 0.15) is 5.70 Å². The maximum Gasteiger partial charge on any atom is 0.352 e. The molecular weight excluding hydrogens is 362 g/mol. The number of hydrogen-bond donors (Lipinski definition) is 2. The molecule has 3 heterocycles. The van der Waals surface area contributed by atoms with Crippen molar-refractivity contribution in [3.8, 4) is 0 Å². The van der Waals surface area contributed by atoms with Crippen molar-refractivity contribution >= 4 is 33.7 Å². The molecule has 1 aromatic rings.